The summed E-state index contributed by atoms with van der Waals surface area (Å²) in [6, 6.07) is 13.4. The van der Waals surface area contributed by atoms with E-state index in [1.807, 2.05) is 48.7 Å². The Kier molecular flexibility index (Phi) is 7.05. The Morgan fingerprint density at radius 1 is 1.18 bits per heavy atom. The van der Waals surface area contributed by atoms with Crippen LogP contribution in [0.2, 0.25) is 0 Å². The van der Waals surface area contributed by atoms with E-state index in [0.717, 1.165) is 38.7 Å². The van der Waals surface area contributed by atoms with Gasteiger partial charge in [0.05, 0.1) is 12.3 Å². The first-order chi connectivity index (χ1) is 15.9. The van der Waals surface area contributed by atoms with E-state index in [4.69, 9.17) is 9.72 Å². The van der Waals surface area contributed by atoms with E-state index in [9.17, 15) is 9.90 Å². The lowest BCUT2D eigenvalue weighted by atomic mass is 10.0. The molecule has 0 bridgehead atoms. The number of hydrogen-bond acceptors (Lipinski definition) is 7. The van der Waals surface area contributed by atoms with Crippen molar-refractivity contribution in [3.05, 3.63) is 64.5 Å². The number of rotatable bonds is 9. The highest BCUT2D eigenvalue weighted by Gasteiger charge is 2.19. The predicted octanol–water partition coefficient (Wildman–Crippen LogP) is 6.97. The summed E-state index contributed by atoms with van der Waals surface area (Å²) in [6.07, 6.45) is 2.56. The van der Waals surface area contributed by atoms with Crippen LogP contribution in [0.5, 0.6) is 5.75 Å². The molecule has 0 amide bonds. The molecule has 0 aliphatic rings. The summed E-state index contributed by atoms with van der Waals surface area (Å²) in [4.78, 5) is 23.3. The van der Waals surface area contributed by atoms with E-state index in [1.54, 1.807) is 23.6 Å². The quantitative estimate of drug-likeness (QED) is 0.270. The van der Waals surface area contributed by atoms with E-state index in [1.165, 1.54) is 11.3 Å². The molecule has 0 saturated carbocycles. The molecule has 3 heterocycles. The van der Waals surface area contributed by atoms with Crippen molar-refractivity contribution in [3.8, 4) is 27.4 Å². The highest BCUT2D eigenvalue weighted by molar-refractivity contribution is 7.16. The maximum atomic E-state index is 12.0. The predicted molar refractivity (Wildman–Crippen MR) is 135 cm³/mol. The number of pyridine rings is 1. The number of anilines is 2. The van der Waals surface area contributed by atoms with Gasteiger partial charge in [-0.25, -0.2) is 14.8 Å². The number of aromatic nitrogens is 2. The molecule has 0 radical (unpaired) electrons. The fourth-order valence-corrected chi connectivity index (χ4v) is 5.35. The molecule has 0 unspecified atom stereocenters. The summed E-state index contributed by atoms with van der Waals surface area (Å²) in [5, 5.41) is 15.5. The molecule has 4 rings (SSSR count). The van der Waals surface area contributed by atoms with Crippen LogP contribution in [0.1, 0.15) is 36.0 Å². The fourth-order valence-electron chi connectivity index (χ4n) is 3.45. The van der Waals surface area contributed by atoms with Gasteiger partial charge in [0.1, 0.15) is 17.1 Å². The molecule has 0 aliphatic carbocycles. The molecule has 1 aromatic carbocycles. The lowest BCUT2D eigenvalue weighted by Gasteiger charge is -2.08. The summed E-state index contributed by atoms with van der Waals surface area (Å²) in [5.41, 5.74) is 2.74. The Balaban J connectivity index is 1.70. The van der Waals surface area contributed by atoms with Crippen LogP contribution in [-0.4, -0.2) is 27.7 Å². The highest BCUT2D eigenvalue weighted by Crippen LogP contribution is 2.36. The minimum atomic E-state index is -1.04. The number of ether oxygens (including phenoxy) is 1. The van der Waals surface area contributed by atoms with Crippen LogP contribution in [-0.2, 0) is 6.42 Å². The van der Waals surface area contributed by atoms with Gasteiger partial charge >= 0.3 is 5.97 Å². The third kappa shape index (κ3) is 5.40. The van der Waals surface area contributed by atoms with Crippen LogP contribution >= 0.6 is 22.7 Å². The van der Waals surface area contributed by atoms with Gasteiger partial charge in [0, 0.05) is 27.1 Å². The SMILES string of the molecule is CCOc1cccc(-c2nc(Nc3ncc(-c4cccs4)cc3C(=O)O)sc2CC(C)C)c1. The van der Waals surface area contributed by atoms with Gasteiger partial charge in [-0.15, -0.1) is 22.7 Å². The smallest absolute Gasteiger partial charge is 0.339 e. The van der Waals surface area contributed by atoms with E-state index in [0.29, 0.717) is 17.7 Å². The molecule has 170 valence electrons. The standard InChI is InChI=1S/C25H25N3O3S2/c1-4-31-18-8-5-7-16(12-18)22-21(11-15(2)3)33-25(27-22)28-23-19(24(29)30)13-17(14-26-23)20-9-6-10-32-20/h5-10,12-15H,4,11H2,1-3H3,(H,29,30)(H,26,27,28). The normalized spacial score (nSPS) is 11.0. The molecule has 0 spiro atoms. The average Bonchev–Trinajstić information content (AvgIpc) is 3.44. The van der Waals surface area contributed by atoms with Crippen molar-refractivity contribution >= 4 is 39.6 Å². The molecule has 0 fully saturated rings. The zero-order valence-electron chi connectivity index (χ0n) is 18.7. The molecular weight excluding hydrogens is 454 g/mol. The summed E-state index contributed by atoms with van der Waals surface area (Å²) >= 11 is 3.07. The summed E-state index contributed by atoms with van der Waals surface area (Å²) in [5.74, 6) is 0.492. The van der Waals surface area contributed by atoms with Gasteiger partial charge in [-0.05, 0) is 48.9 Å². The molecule has 0 aliphatic heterocycles. The first-order valence-corrected chi connectivity index (χ1v) is 12.4. The molecule has 6 nitrogen and oxygen atoms in total. The van der Waals surface area contributed by atoms with Gasteiger partial charge < -0.3 is 15.2 Å². The van der Waals surface area contributed by atoms with Crippen molar-refractivity contribution in [1.29, 1.82) is 0 Å². The number of carboxylic acid groups (broad SMARTS) is 1. The van der Waals surface area contributed by atoms with E-state index in [-0.39, 0.29) is 11.4 Å². The first kappa shape index (κ1) is 22.9. The Hall–Kier alpha value is -3.23. The van der Waals surface area contributed by atoms with Crippen LogP contribution in [0.4, 0.5) is 10.9 Å². The zero-order chi connectivity index (χ0) is 23.4. The maximum absolute atomic E-state index is 12.0. The van der Waals surface area contributed by atoms with Gasteiger partial charge in [-0.2, -0.15) is 0 Å². The van der Waals surface area contributed by atoms with Gasteiger partial charge in [-0.1, -0.05) is 32.0 Å². The minimum absolute atomic E-state index is 0.112. The number of aromatic carboxylic acids is 1. The van der Waals surface area contributed by atoms with Crippen LogP contribution in [0, 0.1) is 5.92 Å². The Morgan fingerprint density at radius 2 is 2.03 bits per heavy atom. The third-order valence-corrected chi connectivity index (χ3v) is 6.77. The monoisotopic (exact) mass is 479 g/mol. The van der Waals surface area contributed by atoms with Crippen molar-refractivity contribution in [1.82, 2.24) is 9.97 Å². The maximum Gasteiger partial charge on any atom is 0.339 e. The number of nitrogens with zero attached hydrogens (tertiary/aromatic N) is 2. The van der Waals surface area contributed by atoms with Gasteiger partial charge in [0.2, 0.25) is 0 Å². The number of nitrogens with one attached hydrogen (secondary N) is 1. The summed E-state index contributed by atoms with van der Waals surface area (Å²) in [7, 11) is 0. The van der Waals surface area contributed by atoms with Crippen LogP contribution in [0.25, 0.3) is 21.7 Å². The number of hydrogen-bond donors (Lipinski definition) is 2. The van der Waals surface area contributed by atoms with Crippen LogP contribution < -0.4 is 10.1 Å². The van der Waals surface area contributed by atoms with E-state index in [2.05, 4.69) is 24.1 Å². The number of benzene rings is 1. The molecule has 4 aromatic rings. The molecule has 33 heavy (non-hydrogen) atoms. The second kappa shape index (κ2) is 10.1. The fraction of sp³-hybridized carbons (Fsp3) is 0.240. The number of carboxylic acids is 1. The molecular formula is C25H25N3O3S2. The number of thiophene rings is 1. The van der Waals surface area contributed by atoms with Crippen molar-refractivity contribution in [2.45, 2.75) is 27.2 Å². The number of carbonyl (C=O) groups is 1. The van der Waals surface area contributed by atoms with Crippen molar-refractivity contribution in [3.63, 3.8) is 0 Å². The summed E-state index contributed by atoms with van der Waals surface area (Å²) < 4.78 is 5.66. The van der Waals surface area contributed by atoms with E-state index < -0.39 is 5.97 Å². The van der Waals surface area contributed by atoms with Crippen LogP contribution in [0.3, 0.4) is 0 Å². The van der Waals surface area contributed by atoms with Gasteiger partial charge in [0.25, 0.3) is 0 Å². The van der Waals surface area contributed by atoms with E-state index >= 15 is 0 Å². The van der Waals surface area contributed by atoms with Gasteiger partial charge in [0.15, 0.2) is 5.13 Å². The summed E-state index contributed by atoms with van der Waals surface area (Å²) in [6.45, 7) is 6.89. The first-order valence-electron chi connectivity index (χ1n) is 10.7. The Morgan fingerprint density at radius 3 is 2.73 bits per heavy atom. The molecule has 0 saturated heterocycles. The van der Waals surface area contributed by atoms with Crippen LogP contribution in [0.15, 0.2) is 54.0 Å². The van der Waals surface area contributed by atoms with Gasteiger partial charge in [-0.3, -0.25) is 0 Å². The van der Waals surface area contributed by atoms with Crippen molar-refractivity contribution < 1.29 is 14.6 Å². The lowest BCUT2D eigenvalue weighted by molar-refractivity contribution is 0.0697. The van der Waals surface area contributed by atoms with Crippen molar-refractivity contribution in [2.24, 2.45) is 5.92 Å². The molecule has 2 N–H and O–H groups in total. The number of thiazole rings is 1. The lowest BCUT2D eigenvalue weighted by Crippen LogP contribution is -2.05. The topological polar surface area (TPSA) is 84.3 Å². The minimum Gasteiger partial charge on any atom is -0.494 e. The van der Waals surface area contributed by atoms with Crippen molar-refractivity contribution in [2.75, 3.05) is 11.9 Å². The Labute approximate surface area is 200 Å². The Bertz CT molecular complexity index is 1250. The molecule has 3 aromatic heterocycles. The average molecular weight is 480 g/mol. The zero-order valence-corrected chi connectivity index (χ0v) is 20.3. The third-order valence-electron chi connectivity index (χ3n) is 4.86. The largest absolute Gasteiger partial charge is 0.494 e. The molecule has 8 heteroatoms. The second-order valence-corrected chi connectivity index (χ2v) is 9.91. The highest BCUT2D eigenvalue weighted by atomic mass is 32.1. The molecule has 0 atom stereocenters. The second-order valence-electron chi connectivity index (χ2n) is 7.88.